The number of nitrogens with one attached hydrogen (secondary N) is 1. The van der Waals surface area contributed by atoms with E-state index >= 15 is 0 Å². The average molecular weight is 287 g/mol. The summed E-state index contributed by atoms with van der Waals surface area (Å²) in [5, 5.41) is 3.90. The molecule has 1 atom stereocenters. The number of pyridine rings is 1. The molecule has 1 aliphatic heterocycles. The van der Waals surface area contributed by atoms with E-state index in [1.165, 1.54) is 43.4 Å². The highest BCUT2D eigenvalue weighted by atomic mass is 15.3. The van der Waals surface area contributed by atoms with Crippen LogP contribution in [0.5, 0.6) is 0 Å². The molecule has 3 rings (SSSR count). The van der Waals surface area contributed by atoms with Gasteiger partial charge in [-0.25, -0.2) is 0 Å². The molecule has 0 bridgehead atoms. The molecule has 1 saturated carbocycles. The van der Waals surface area contributed by atoms with Crippen LogP contribution in [0.15, 0.2) is 18.5 Å². The summed E-state index contributed by atoms with van der Waals surface area (Å²) >= 11 is 0. The van der Waals surface area contributed by atoms with Crippen molar-refractivity contribution in [1.82, 2.24) is 15.2 Å². The number of nitrogens with zero attached hydrogens (tertiary/aromatic N) is 2. The first-order valence-corrected chi connectivity index (χ1v) is 8.48. The van der Waals surface area contributed by atoms with Crippen LogP contribution in [0.2, 0.25) is 0 Å². The zero-order chi connectivity index (χ0) is 14.9. The van der Waals surface area contributed by atoms with Crippen molar-refractivity contribution in [2.45, 2.75) is 64.6 Å². The van der Waals surface area contributed by atoms with E-state index in [1.807, 2.05) is 12.4 Å². The van der Waals surface area contributed by atoms with Gasteiger partial charge in [0.15, 0.2) is 0 Å². The van der Waals surface area contributed by atoms with Gasteiger partial charge in [-0.1, -0.05) is 32.8 Å². The van der Waals surface area contributed by atoms with Gasteiger partial charge in [0.1, 0.15) is 0 Å². The molecule has 2 heterocycles. The minimum atomic E-state index is 0.392. The van der Waals surface area contributed by atoms with Gasteiger partial charge < -0.3 is 5.32 Å². The molecule has 21 heavy (non-hydrogen) atoms. The highest BCUT2D eigenvalue weighted by Gasteiger charge is 2.41. The maximum atomic E-state index is 4.37. The Labute approximate surface area is 129 Å². The molecule has 1 spiro atoms. The standard InChI is InChI=1S/C18H29N3/c1-14(2)17-11-20-18(6-4-5-7-18)13-21(17)12-16-8-15(3)9-19-10-16/h8-10,14,17,20H,4-7,11-13H2,1-3H3. The zero-order valence-corrected chi connectivity index (χ0v) is 13.7. The van der Waals surface area contributed by atoms with Gasteiger partial charge in [0.05, 0.1) is 0 Å². The second kappa shape index (κ2) is 6.05. The molecular formula is C18H29N3. The number of aromatic nitrogens is 1. The van der Waals surface area contributed by atoms with Crippen molar-refractivity contribution in [2.24, 2.45) is 5.92 Å². The first-order chi connectivity index (χ1) is 10.1. The quantitative estimate of drug-likeness (QED) is 0.926. The molecule has 1 aromatic heterocycles. The van der Waals surface area contributed by atoms with Gasteiger partial charge in [-0.15, -0.1) is 0 Å². The summed E-state index contributed by atoms with van der Waals surface area (Å²) in [6, 6.07) is 2.92. The first kappa shape index (κ1) is 15.0. The Hall–Kier alpha value is -0.930. The topological polar surface area (TPSA) is 28.2 Å². The van der Waals surface area contributed by atoms with Crippen molar-refractivity contribution >= 4 is 0 Å². The molecular weight excluding hydrogens is 258 g/mol. The third-order valence-corrected chi connectivity index (χ3v) is 5.31. The normalized spacial score (nSPS) is 25.8. The lowest BCUT2D eigenvalue weighted by molar-refractivity contribution is 0.0506. The van der Waals surface area contributed by atoms with E-state index in [9.17, 15) is 0 Å². The van der Waals surface area contributed by atoms with Gasteiger partial charge in [-0.05, 0) is 36.8 Å². The molecule has 116 valence electrons. The van der Waals surface area contributed by atoms with Crippen molar-refractivity contribution in [3.63, 3.8) is 0 Å². The maximum absolute atomic E-state index is 4.37. The summed E-state index contributed by atoms with van der Waals surface area (Å²) in [6.45, 7) is 10.2. The lowest BCUT2D eigenvalue weighted by Gasteiger charge is -2.48. The lowest BCUT2D eigenvalue weighted by atomic mass is 9.89. The van der Waals surface area contributed by atoms with Crippen LogP contribution >= 0.6 is 0 Å². The van der Waals surface area contributed by atoms with Crippen molar-refractivity contribution < 1.29 is 0 Å². The average Bonchev–Trinajstić information content (AvgIpc) is 2.86. The summed E-state index contributed by atoms with van der Waals surface area (Å²) in [5.74, 6) is 0.689. The van der Waals surface area contributed by atoms with Gasteiger partial charge in [0, 0.05) is 43.6 Å². The number of hydrogen-bond acceptors (Lipinski definition) is 3. The molecule has 0 radical (unpaired) electrons. The lowest BCUT2D eigenvalue weighted by Crippen LogP contribution is -2.63. The van der Waals surface area contributed by atoms with E-state index in [0.29, 0.717) is 17.5 Å². The van der Waals surface area contributed by atoms with E-state index < -0.39 is 0 Å². The second-order valence-corrected chi connectivity index (χ2v) is 7.46. The molecule has 1 aromatic rings. The Morgan fingerprint density at radius 1 is 1.33 bits per heavy atom. The van der Waals surface area contributed by atoms with E-state index in [2.05, 4.69) is 42.0 Å². The van der Waals surface area contributed by atoms with Gasteiger partial charge in [0.25, 0.3) is 0 Å². The fraction of sp³-hybridized carbons (Fsp3) is 0.722. The first-order valence-electron chi connectivity index (χ1n) is 8.48. The molecule has 2 aliphatic rings. The van der Waals surface area contributed by atoms with Crippen LogP contribution in [0, 0.1) is 12.8 Å². The smallest absolute Gasteiger partial charge is 0.0313 e. The van der Waals surface area contributed by atoms with Crippen molar-refractivity contribution in [2.75, 3.05) is 13.1 Å². The van der Waals surface area contributed by atoms with Crippen LogP contribution in [0.1, 0.15) is 50.7 Å². The monoisotopic (exact) mass is 287 g/mol. The van der Waals surface area contributed by atoms with Crippen LogP contribution in [0.25, 0.3) is 0 Å². The summed E-state index contributed by atoms with van der Waals surface area (Å²) in [5.41, 5.74) is 3.01. The molecule has 1 unspecified atom stereocenters. The van der Waals surface area contributed by atoms with Gasteiger partial charge in [-0.3, -0.25) is 9.88 Å². The molecule has 1 aliphatic carbocycles. The summed E-state index contributed by atoms with van der Waals surface area (Å²) in [4.78, 5) is 7.08. The third kappa shape index (κ3) is 3.29. The molecule has 1 saturated heterocycles. The van der Waals surface area contributed by atoms with E-state index in [0.717, 1.165) is 13.1 Å². The minimum Gasteiger partial charge on any atom is -0.308 e. The predicted octanol–water partition coefficient (Wildman–Crippen LogP) is 3.13. The van der Waals surface area contributed by atoms with E-state index in [1.54, 1.807) is 0 Å². The van der Waals surface area contributed by atoms with Gasteiger partial charge in [-0.2, -0.15) is 0 Å². The molecule has 3 nitrogen and oxygen atoms in total. The third-order valence-electron chi connectivity index (χ3n) is 5.31. The van der Waals surface area contributed by atoms with Crippen molar-refractivity contribution in [3.8, 4) is 0 Å². The molecule has 0 aromatic carbocycles. The Balaban J connectivity index is 1.77. The van der Waals surface area contributed by atoms with E-state index in [4.69, 9.17) is 0 Å². The molecule has 3 heteroatoms. The highest BCUT2D eigenvalue weighted by Crippen LogP contribution is 2.34. The van der Waals surface area contributed by atoms with Gasteiger partial charge >= 0.3 is 0 Å². The maximum Gasteiger partial charge on any atom is 0.0313 e. The van der Waals surface area contributed by atoms with Crippen molar-refractivity contribution in [3.05, 3.63) is 29.6 Å². The van der Waals surface area contributed by atoms with Crippen LogP contribution in [0.3, 0.4) is 0 Å². The number of hydrogen-bond donors (Lipinski definition) is 1. The molecule has 0 amide bonds. The fourth-order valence-corrected chi connectivity index (χ4v) is 4.17. The summed E-state index contributed by atoms with van der Waals surface area (Å²) in [6.07, 6.45) is 9.45. The number of piperazine rings is 1. The molecule has 1 N–H and O–H groups in total. The Morgan fingerprint density at radius 3 is 2.76 bits per heavy atom. The Bertz CT molecular complexity index is 477. The van der Waals surface area contributed by atoms with Crippen LogP contribution in [-0.2, 0) is 6.54 Å². The van der Waals surface area contributed by atoms with Crippen LogP contribution in [-0.4, -0.2) is 34.6 Å². The predicted molar refractivity (Wildman–Crippen MR) is 87.2 cm³/mol. The molecule has 2 fully saturated rings. The Morgan fingerprint density at radius 2 is 2.10 bits per heavy atom. The van der Waals surface area contributed by atoms with E-state index in [-0.39, 0.29) is 0 Å². The zero-order valence-electron chi connectivity index (χ0n) is 13.7. The highest BCUT2D eigenvalue weighted by molar-refractivity contribution is 5.17. The van der Waals surface area contributed by atoms with Gasteiger partial charge in [0.2, 0.25) is 0 Å². The SMILES string of the molecule is Cc1cncc(CN2CC3(CCCC3)NCC2C(C)C)c1. The number of rotatable bonds is 3. The Kier molecular flexibility index (Phi) is 4.32. The van der Waals surface area contributed by atoms with Crippen LogP contribution in [0.4, 0.5) is 0 Å². The van der Waals surface area contributed by atoms with Crippen LogP contribution < -0.4 is 5.32 Å². The van der Waals surface area contributed by atoms with Crippen molar-refractivity contribution in [1.29, 1.82) is 0 Å². The fourth-order valence-electron chi connectivity index (χ4n) is 4.17. The second-order valence-electron chi connectivity index (χ2n) is 7.46. The minimum absolute atomic E-state index is 0.392. The summed E-state index contributed by atoms with van der Waals surface area (Å²) in [7, 11) is 0. The largest absolute Gasteiger partial charge is 0.308 e. The summed E-state index contributed by atoms with van der Waals surface area (Å²) < 4.78 is 0. The number of aryl methyl sites for hydroxylation is 1.